The lowest BCUT2D eigenvalue weighted by molar-refractivity contribution is 0.0955. The molecule has 0 bridgehead atoms. The Labute approximate surface area is 237 Å². The van der Waals surface area contributed by atoms with Gasteiger partial charge in [0.25, 0.3) is 5.91 Å². The van der Waals surface area contributed by atoms with Gasteiger partial charge < -0.3 is 24.9 Å². The van der Waals surface area contributed by atoms with Crippen molar-refractivity contribution in [1.82, 2.24) is 39.6 Å². The molecule has 4 aromatic heterocycles. The molecule has 0 radical (unpaired) electrons. The molecule has 41 heavy (non-hydrogen) atoms. The van der Waals surface area contributed by atoms with Gasteiger partial charge in [-0.2, -0.15) is 14.6 Å². The molecule has 0 aliphatic carbocycles. The van der Waals surface area contributed by atoms with E-state index in [0.29, 0.717) is 54.0 Å². The third-order valence-corrected chi connectivity index (χ3v) is 7.84. The summed E-state index contributed by atoms with van der Waals surface area (Å²) in [7, 11) is 0. The van der Waals surface area contributed by atoms with Gasteiger partial charge in [-0.15, -0.1) is 5.10 Å². The summed E-state index contributed by atoms with van der Waals surface area (Å²) >= 11 is -1.00. The Hall–Kier alpha value is -4.21. The van der Waals surface area contributed by atoms with Crippen LogP contribution in [-0.2, 0) is 17.7 Å². The molecular weight excluding hydrogens is 551 g/mol. The van der Waals surface area contributed by atoms with E-state index < -0.39 is 17.0 Å². The van der Waals surface area contributed by atoms with Crippen molar-refractivity contribution in [2.75, 3.05) is 61.9 Å². The zero-order chi connectivity index (χ0) is 28.5. The average Bonchev–Trinajstić information content (AvgIpc) is 3.72. The van der Waals surface area contributed by atoms with Crippen LogP contribution < -0.4 is 16.0 Å². The average molecular weight is 581 g/mol. The molecule has 1 atom stereocenters. The Kier molecular flexibility index (Phi) is 7.47. The van der Waals surface area contributed by atoms with E-state index >= 15 is 0 Å². The second-order valence-electron chi connectivity index (χ2n) is 9.75. The second-order valence-corrected chi connectivity index (χ2v) is 11.3. The number of fused-ring (bicyclic) bond motifs is 3. The maximum Gasteiger partial charge on any atom is 0.251 e. The molecule has 214 valence electrons. The molecule has 0 spiro atoms. The highest BCUT2D eigenvalue weighted by atomic mass is 32.2. The van der Waals surface area contributed by atoms with Crippen molar-refractivity contribution in [3.63, 3.8) is 0 Å². The highest BCUT2D eigenvalue weighted by Crippen LogP contribution is 2.24. The summed E-state index contributed by atoms with van der Waals surface area (Å²) in [5, 5.41) is 12.4. The molecule has 1 fully saturated rings. The van der Waals surface area contributed by atoms with Gasteiger partial charge in [0.1, 0.15) is 11.6 Å². The van der Waals surface area contributed by atoms with E-state index in [0.717, 1.165) is 25.0 Å². The molecule has 1 amide bonds. The summed E-state index contributed by atoms with van der Waals surface area (Å²) in [5.74, 6) is 0.702. The highest BCUT2D eigenvalue weighted by Gasteiger charge is 2.22. The Balaban J connectivity index is 1.07. The highest BCUT2D eigenvalue weighted by molar-refractivity contribution is 7.90. The number of nitrogen functional groups attached to an aromatic ring is 1. The third-order valence-electron chi connectivity index (χ3n) is 7.06. The van der Waals surface area contributed by atoms with Crippen LogP contribution in [0.15, 0.2) is 47.2 Å². The fourth-order valence-electron chi connectivity index (χ4n) is 4.89. The lowest BCUT2D eigenvalue weighted by Gasteiger charge is -2.36. The lowest BCUT2D eigenvalue weighted by Crippen LogP contribution is -2.47. The number of halogens is 1. The zero-order valence-corrected chi connectivity index (χ0v) is 23.2. The number of carbonyl (C=O) groups is 1. The van der Waals surface area contributed by atoms with Crippen LogP contribution in [0.3, 0.4) is 0 Å². The topological polar surface area (TPSA) is 159 Å². The SMILES string of the molecule is C[S+]([O-])CCNC(=O)c1ccc(N2CCN(CCn3ncc4c3nc(N)n3nc(-c5ccco5)nc43)CC2)c(F)c1. The van der Waals surface area contributed by atoms with Gasteiger partial charge in [-0.1, -0.05) is 11.2 Å². The maximum atomic E-state index is 14.9. The molecule has 5 aromatic rings. The number of nitrogens with one attached hydrogen (secondary N) is 1. The smallest absolute Gasteiger partial charge is 0.251 e. The number of furan rings is 1. The Bertz CT molecular complexity index is 1680. The standard InChI is InChI=1S/C26H29FN10O3S/c1-41(39)14-6-29-25(38)17-4-5-20(19(27)15-17)35-10-7-34(8-11-35)9-12-36-23-18(16-30-36)24-31-22(21-3-2-13-40-21)33-37(24)26(28)32-23/h2-5,13,15-16H,6-12,14H2,1H3,(H2,28,32)(H,29,38). The van der Waals surface area contributed by atoms with Crippen LogP contribution in [0.2, 0.25) is 0 Å². The fraction of sp³-hybridized carbons (Fsp3) is 0.346. The minimum absolute atomic E-state index is 0.205. The first-order valence-corrected chi connectivity index (χ1v) is 14.9. The Morgan fingerprint density at radius 1 is 1.17 bits per heavy atom. The molecule has 1 aromatic carbocycles. The van der Waals surface area contributed by atoms with E-state index in [4.69, 9.17) is 10.2 Å². The second kappa shape index (κ2) is 11.3. The largest absolute Gasteiger partial charge is 0.617 e. The van der Waals surface area contributed by atoms with E-state index in [9.17, 15) is 13.7 Å². The van der Waals surface area contributed by atoms with Crippen molar-refractivity contribution < 1.29 is 18.2 Å². The molecule has 1 saturated heterocycles. The number of aromatic nitrogens is 6. The van der Waals surface area contributed by atoms with Crippen molar-refractivity contribution >= 4 is 45.4 Å². The van der Waals surface area contributed by atoms with Crippen LogP contribution in [0.5, 0.6) is 0 Å². The summed E-state index contributed by atoms with van der Waals surface area (Å²) in [6, 6.07) is 8.07. The summed E-state index contributed by atoms with van der Waals surface area (Å²) < 4.78 is 34.8. The number of rotatable bonds is 9. The number of nitrogens with two attached hydrogens (primary N) is 1. The van der Waals surface area contributed by atoms with Crippen molar-refractivity contribution in [1.29, 1.82) is 0 Å². The van der Waals surface area contributed by atoms with Crippen LogP contribution in [0.25, 0.3) is 28.3 Å². The van der Waals surface area contributed by atoms with Gasteiger partial charge >= 0.3 is 0 Å². The first-order valence-electron chi connectivity index (χ1n) is 13.1. The molecule has 15 heteroatoms. The van der Waals surface area contributed by atoms with Crippen LogP contribution in [0.4, 0.5) is 16.0 Å². The zero-order valence-electron chi connectivity index (χ0n) is 22.4. The monoisotopic (exact) mass is 580 g/mol. The van der Waals surface area contributed by atoms with Gasteiger partial charge in [0.2, 0.25) is 11.8 Å². The third kappa shape index (κ3) is 5.55. The first kappa shape index (κ1) is 27.0. The number of piperazine rings is 1. The summed E-state index contributed by atoms with van der Waals surface area (Å²) in [6.07, 6.45) is 4.85. The van der Waals surface area contributed by atoms with Gasteiger partial charge in [-0.25, -0.2) is 14.1 Å². The van der Waals surface area contributed by atoms with Gasteiger partial charge in [-0.05, 0) is 30.3 Å². The minimum atomic E-state index is -1.00. The quantitative estimate of drug-likeness (QED) is 0.244. The van der Waals surface area contributed by atoms with Crippen LogP contribution in [0, 0.1) is 5.82 Å². The van der Waals surface area contributed by atoms with Gasteiger partial charge in [0.15, 0.2) is 17.1 Å². The molecule has 5 heterocycles. The van der Waals surface area contributed by atoms with Crippen LogP contribution in [-0.4, -0.2) is 96.0 Å². The van der Waals surface area contributed by atoms with Crippen LogP contribution >= 0.6 is 0 Å². The summed E-state index contributed by atoms with van der Waals surface area (Å²) in [5.41, 5.74) is 8.09. The van der Waals surface area contributed by atoms with E-state index in [1.807, 2.05) is 4.90 Å². The van der Waals surface area contributed by atoms with E-state index in [-0.39, 0.29) is 24.0 Å². The molecule has 1 aliphatic rings. The van der Waals surface area contributed by atoms with Gasteiger partial charge in [0, 0.05) is 38.3 Å². The predicted octanol–water partition coefficient (Wildman–Crippen LogP) is 1.39. The van der Waals surface area contributed by atoms with Crippen molar-refractivity contribution in [2.45, 2.75) is 6.54 Å². The normalized spacial score (nSPS) is 15.1. The number of amides is 1. The number of anilines is 2. The first-order chi connectivity index (χ1) is 19.9. The number of carbonyl (C=O) groups excluding carboxylic acids is 1. The molecule has 6 rings (SSSR count). The number of nitrogens with zero attached hydrogens (tertiary/aromatic N) is 8. The maximum absolute atomic E-state index is 14.9. The van der Waals surface area contributed by atoms with Crippen LogP contribution in [0.1, 0.15) is 10.4 Å². The van der Waals surface area contributed by atoms with E-state index in [1.54, 1.807) is 47.7 Å². The van der Waals surface area contributed by atoms with E-state index in [2.05, 4.69) is 30.4 Å². The lowest BCUT2D eigenvalue weighted by atomic mass is 10.1. The van der Waals surface area contributed by atoms with Crippen molar-refractivity contribution in [2.24, 2.45) is 0 Å². The number of hydrogen-bond acceptors (Lipinski definition) is 10. The van der Waals surface area contributed by atoms with Gasteiger partial charge in [-0.3, -0.25) is 9.69 Å². The number of hydrogen-bond donors (Lipinski definition) is 2. The Morgan fingerprint density at radius 2 is 2.00 bits per heavy atom. The molecule has 3 N–H and O–H groups in total. The molecule has 13 nitrogen and oxygen atoms in total. The molecule has 1 aliphatic heterocycles. The molecule has 0 saturated carbocycles. The van der Waals surface area contributed by atoms with Crippen molar-refractivity contribution in [3.05, 3.63) is 54.2 Å². The Morgan fingerprint density at radius 3 is 2.73 bits per heavy atom. The minimum Gasteiger partial charge on any atom is -0.617 e. The predicted molar refractivity (Wildman–Crippen MR) is 153 cm³/mol. The fourth-order valence-corrected chi connectivity index (χ4v) is 5.28. The summed E-state index contributed by atoms with van der Waals surface area (Å²) in [4.78, 5) is 25.7. The van der Waals surface area contributed by atoms with Gasteiger partial charge in [0.05, 0.1) is 42.9 Å². The van der Waals surface area contributed by atoms with E-state index in [1.165, 1.54) is 10.6 Å². The van der Waals surface area contributed by atoms with Crippen molar-refractivity contribution in [3.8, 4) is 11.6 Å². The molecule has 1 unspecified atom stereocenters. The molecular formula is C26H29FN10O3S. The number of benzene rings is 1. The summed E-state index contributed by atoms with van der Waals surface area (Å²) in [6.45, 7) is 4.37.